The summed E-state index contributed by atoms with van der Waals surface area (Å²) in [4.78, 5) is 11.1. The van der Waals surface area contributed by atoms with Crippen molar-refractivity contribution < 1.29 is 9.53 Å². The number of hydrogen-bond donors (Lipinski definition) is 0. The third-order valence-corrected chi connectivity index (χ3v) is 4.04. The van der Waals surface area contributed by atoms with Crippen LogP contribution >= 0.6 is 22.6 Å². The Morgan fingerprint density at radius 2 is 1.88 bits per heavy atom. The fourth-order valence-corrected chi connectivity index (χ4v) is 2.90. The molecule has 1 saturated carbocycles. The van der Waals surface area contributed by atoms with Gasteiger partial charge < -0.3 is 4.74 Å². The second-order valence-electron chi connectivity index (χ2n) is 4.59. The number of ether oxygens (including phenoxy) is 1. The van der Waals surface area contributed by atoms with Gasteiger partial charge in [0.15, 0.2) is 0 Å². The smallest absolute Gasteiger partial charge is 0.302 e. The van der Waals surface area contributed by atoms with Gasteiger partial charge in [-0.1, -0.05) is 18.6 Å². The fourth-order valence-electron chi connectivity index (χ4n) is 2.54. The van der Waals surface area contributed by atoms with Gasteiger partial charge in [-0.3, -0.25) is 4.79 Å². The topological polar surface area (TPSA) is 26.3 Å². The molecule has 0 aliphatic heterocycles. The van der Waals surface area contributed by atoms with Crippen LogP contribution < -0.4 is 0 Å². The highest BCUT2D eigenvalue weighted by Crippen LogP contribution is 2.35. The maximum absolute atomic E-state index is 11.1. The van der Waals surface area contributed by atoms with Crippen molar-refractivity contribution in [2.45, 2.75) is 44.6 Å². The number of halogens is 1. The van der Waals surface area contributed by atoms with Gasteiger partial charge in [0, 0.05) is 16.4 Å². The minimum absolute atomic E-state index is 0.0707. The number of hydrogen-bond acceptors (Lipinski definition) is 2. The Hall–Kier alpha value is -0.580. The molecule has 1 aliphatic carbocycles. The summed E-state index contributed by atoms with van der Waals surface area (Å²) in [5, 5.41) is 0. The average Bonchev–Trinajstić information content (AvgIpc) is 2.30. The van der Waals surface area contributed by atoms with Crippen molar-refractivity contribution in [3.63, 3.8) is 0 Å². The predicted octanol–water partition coefficient (Wildman–Crippen LogP) is 3.88. The van der Waals surface area contributed by atoms with E-state index in [0.29, 0.717) is 5.92 Å². The van der Waals surface area contributed by atoms with Gasteiger partial charge in [0.2, 0.25) is 0 Å². The molecule has 0 saturated heterocycles. The lowest BCUT2D eigenvalue weighted by Gasteiger charge is -2.31. The van der Waals surface area contributed by atoms with Crippen LogP contribution in [0.15, 0.2) is 24.3 Å². The van der Waals surface area contributed by atoms with Crippen molar-refractivity contribution in [3.8, 4) is 0 Å². The minimum atomic E-state index is -0.160. The molecule has 17 heavy (non-hydrogen) atoms. The van der Waals surface area contributed by atoms with Crippen molar-refractivity contribution in [2.75, 3.05) is 0 Å². The van der Waals surface area contributed by atoms with E-state index >= 15 is 0 Å². The molecule has 0 N–H and O–H groups in total. The van der Waals surface area contributed by atoms with Crippen molar-refractivity contribution in [1.82, 2.24) is 0 Å². The first kappa shape index (κ1) is 12.9. The largest absolute Gasteiger partial charge is 0.462 e. The summed E-state index contributed by atoms with van der Waals surface area (Å²) in [6, 6.07) is 8.56. The number of esters is 1. The zero-order chi connectivity index (χ0) is 12.3. The molecule has 0 radical (unpaired) electrons. The highest BCUT2D eigenvalue weighted by atomic mass is 127. The highest BCUT2D eigenvalue weighted by Gasteiger charge is 2.28. The number of rotatable bonds is 2. The van der Waals surface area contributed by atoms with Crippen LogP contribution in [0, 0.1) is 3.57 Å². The summed E-state index contributed by atoms with van der Waals surface area (Å²) in [6.07, 6.45) is 4.59. The molecule has 1 aliphatic rings. The van der Waals surface area contributed by atoms with Gasteiger partial charge in [-0.25, -0.2) is 0 Å². The van der Waals surface area contributed by atoms with E-state index in [4.69, 9.17) is 4.74 Å². The molecule has 0 aromatic heterocycles. The summed E-state index contributed by atoms with van der Waals surface area (Å²) in [6.45, 7) is 1.50. The Morgan fingerprint density at radius 3 is 2.53 bits per heavy atom. The molecular formula is C14H17IO2. The Kier molecular flexibility index (Phi) is 4.42. The Morgan fingerprint density at radius 1 is 1.24 bits per heavy atom. The van der Waals surface area contributed by atoms with E-state index in [9.17, 15) is 4.79 Å². The van der Waals surface area contributed by atoms with Crippen LogP contribution in [0.1, 0.15) is 44.1 Å². The maximum Gasteiger partial charge on any atom is 0.302 e. The van der Waals surface area contributed by atoms with Gasteiger partial charge in [-0.2, -0.15) is 0 Å². The van der Waals surface area contributed by atoms with Crippen molar-refractivity contribution in [3.05, 3.63) is 33.4 Å². The summed E-state index contributed by atoms with van der Waals surface area (Å²) in [5.41, 5.74) is 1.30. The highest BCUT2D eigenvalue weighted by molar-refractivity contribution is 14.1. The SMILES string of the molecule is CC(=O)OC1CCCCC1c1ccc(I)cc1. The zero-order valence-electron chi connectivity index (χ0n) is 9.99. The van der Waals surface area contributed by atoms with E-state index in [-0.39, 0.29) is 12.1 Å². The molecule has 1 fully saturated rings. The summed E-state index contributed by atoms with van der Waals surface area (Å²) >= 11 is 2.31. The summed E-state index contributed by atoms with van der Waals surface area (Å²) in [5.74, 6) is 0.220. The van der Waals surface area contributed by atoms with Gasteiger partial charge in [0.25, 0.3) is 0 Å². The summed E-state index contributed by atoms with van der Waals surface area (Å²) < 4.78 is 6.69. The molecule has 2 atom stereocenters. The van der Waals surface area contributed by atoms with Gasteiger partial charge in [-0.15, -0.1) is 0 Å². The van der Waals surface area contributed by atoms with Crippen LogP contribution in [0.5, 0.6) is 0 Å². The second kappa shape index (κ2) is 5.85. The van der Waals surface area contributed by atoms with Crippen molar-refractivity contribution >= 4 is 28.6 Å². The van der Waals surface area contributed by atoms with E-state index in [1.54, 1.807) is 0 Å². The third kappa shape index (κ3) is 3.44. The van der Waals surface area contributed by atoms with E-state index in [1.807, 2.05) is 0 Å². The molecular weight excluding hydrogens is 327 g/mol. The first-order chi connectivity index (χ1) is 8.16. The molecule has 0 amide bonds. The van der Waals surface area contributed by atoms with E-state index in [1.165, 1.54) is 28.9 Å². The molecule has 1 aromatic carbocycles. The van der Waals surface area contributed by atoms with Crippen LogP contribution in [-0.4, -0.2) is 12.1 Å². The van der Waals surface area contributed by atoms with Crippen LogP contribution in [0.25, 0.3) is 0 Å². The van der Waals surface area contributed by atoms with E-state index < -0.39 is 0 Å². The Balaban J connectivity index is 2.15. The normalized spacial score (nSPS) is 24.4. The minimum Gasteiger partial charge on any atom is -0.462 e. The van der Waals surface area contributed by atoms with Gasteiger partial charge >= 0.3 is 5.97 Å². The molecule has 1 aromatic rings. The molecule has 0 heterocycles. The predicted molar refractivity (Wildman–Crippen MR) is 75.9 cm³/mol. The van der Waals surface area contributed by atoms with Crippen LogP contribution in [0.3, 0.4) is 0 Å². The molecule has 2 rings (SSSR count). The Labute approximate surface area is 116 Å². The van der Waals surface area contributed by atoms with Crippen molar-refractivity contribution in [2.24, 2.45) is 0 Å². The molecule has 3 heteroatoms. The molecule has 92 valence electrons. The van der Waals surface area contributed by atoms with Gasteiger partial charge in [0.05, 0.1) is 0 Å². The number of carbonyl (C=O) groups is 1. The van der Waals surface area contributed by atoms with Crippen LogP contribution in [-0.2, 0) is 9.53 Å². The van der Waals surface area contributed by atoms with Gasteiger partial charge in [-0.05, 0) is 59.5 Å². The molecule has 0 spiro atoms. The van der Waals surface area contributed by atoms with Gasteiger partial charge in [0.1, 0.15) is 6.10 Å². The zero-order valence-corrected chi connectivity index (χ0v) is 12.1. The number of carbonyl (C=O) groups excluding carboxylic acids is 1. The monoisotopic (exact) mass is 344 g/mol. The molecule has 2 unspecified atom stereocenters. The fraction of sp³-hybridized carbons (Fsp3) is 0.500. The van der Waals surface area contributed by atoms with E-state index in [0.717, 1.165) is 12.8 Å². The van der Waals surface area contributed by atoms with Crippen LogP contribution in [0.2, 0.25) is 0 Å². The Bertz CT molecular complexity index is 386. The maximum atomic E-state index is 11.1. The first-order valence-electron chi connectivity index (χ1n) is 6.09. The lowest BCUT2D eigenvalue weighted by molar-refractivity contribution is -0.148. The lowest BCUT2D eigenvalue weighted by atomic mass is 9.81. The average molecular weight is 344 g/mol. The van der Waals surface area contributed by atoms with Crippen molar-refractivity contribution in [1.29, 1.82) is 0 Å². The number of benzene rings is 1. The third-order valence-electron chi connectivity index (χ3n) is 3.32. The quantitative estimate of drug-likeness (QED) is 0.601. The van der Waals surface area contributed by atoms with Crippen LogP contribution in [0.4, 0.5) is 0 Å². The second-order valence-corrected chi connectivity index (χ2v) is 5.84. The lowest BCUT2D eigenvalue weighted by Crippen LogP contribution is -2.27. The molecule has 0 bridgehead atoms. The standard InChI is InChI=1S/C14H17IO2/c1-10(16)17-14-5-3-2-4-13(14)11-6-8-12(15)9-7-11/h6-9,13-14H,2-5H2,1H3. The first-order valence-corrected chi connectivity index (χ1v) is 7.17. The summed E-state index contributed by atoms with van der Waals surface area (Å²) in [7, 11) is 0. The van der Waals surface area contributed by atoms with E-state index in [2.05, 4.69) is 46.9 Å². The molecule has 2 nitrogen and oxygen atoms in total.